The maximum Gasteiger partial charge on any atom is 0.340 e. The predicted octanol–water partition coefficient (Wildman–Crippen LogP) is 0.147. The van der Waals surface area contributed by atoms with Gasteiger partial charge < -0.3 is 4.74 Å². The van der Waals surface area contributed by atoms with Crippen molar-refractivity contribution >= 4 is 5.97 Å². The normalized spacial score (nSPS) is 14.6. The van der Waals surface area contributed by atoms with Crippen LogP contribution < -0.4 is 0 Å². The van der Waals surface area contributed by atoms with Crippen molar-refractivity contribution in [2.75, 3.05) is 0 Å². The number of nitrogens with zero attached hydrogens (tertiary/aromatic N) is 2. The molecule has 10 heavy (non-hydrogen) atoms. The van der Waals surface area contributed by atoms with Crippen molar-refractivity contribution in [1.82, 2.24) is 10.2 Å². The van der Waals surface area contributed by atoms with Crippen LogP contribution in [0.3, 0.4) is 0 Å². The molecule has 4 nitrogen and oxygen atoms in total. The van der Waals surface area contributed by atoms with Gasteiger partial charge in [0.1, 0.15) is 12.3 Å². The smallest absolute Gasteiger partial charge is 0.340 e. The van der Waals surface area contributed by atoms with Gasteiger partial charge in [0.15, 0.2) is 0 Å². The second-order valence-corrected chi connectivity index (χ2v) is 1.97. The lowest BCUT2D eigenvalue weighted by atomic mass is 10.2. The molecule has 0 saturated heterocycles. The fourth-order valence-electron chi connectivity index (χ4n) is 0.865. The zero-order chi connectivity index (χ0) is 6.97. The topological polar surface area (TPSA) is 52.1 Å². The van der Waals surface area contributed by atoms with E-state index in [0.29, 0.717) is 11.3 Å². The highest BCUT2D eigenvalue weighted by Crippen LogP contribution is 2.14. The van der Waals surface area contributed by atoms with Crippen LogP contribution in [-0.2, 0) is 11.3 Å². The highest BCUT2D eigenvalue weighted by molar-refractivity contribution is 5.92. The van der Waals surface area contributed by atoms with Crippen molar-refractivity contribution in [1.29, 1.82) is 0 Å². The fourth-order valence-corrected chi connectivity index (χ4v) is 0.865. The summed E-state index contributed by atoms with van der Waals surface area (Å²) in [4.78, 5) is 10.8. The minimum Gasteiger partial charge on any atom is -0.455 e. The fraction of sp³-hybridized carbons (Fsp3) is 0.167. The summed E-state index contributed by atoms with van der Waals surface area (Å²) in [6.45, 7) is 0.266. The molecule has 0 aromatic carbocycles. The minimum absolute atomic E-state index is 0.266. The van der Waals surface area contributed by atoms with Crippen LogP contribution >= 0.6 is 0 Å². The highest BCUT2D eigenvalue weighted by Gasteiger charge is 2.21. The quantitative estimate of drug-likeness (QED) is 0.476. The number of carbonyl (C=O) groups is 1. The number of hydrogen-bond acceptors (Lipinski definition) is 4. The molecule has 0 spiro atoms. The Labute approximate surface area is 56.8 Å². The van der Waals surface area contributed by atoms with E-state index >= 15 is 0 Å². The lowest BCUT2D eigenvalue weighted by molar-refractivity contribution is 0.0533. The van der Waals surface area contributed by atoms with Crippen LogP contribution in [0.4, 0.5) is 0 Å². The van der Waals surface area contributed by atoms with Crippen LogP contribution in [-0.4, -0.2) is 16.2 Å². The first-order valence-electron chi connectivity index (χ1n) is 2.85. The molecular weight excluding hydrogens is 132 g/mol. The van der Waals surface area contributed by atoms with Gasteiger partial charge in [-0.1, -0.05) is 0 Å². The van der Waals surface area contributed by atoms with Gasteiger partial charge in [0.25, 0.3) is 0 Å². The number of esters is 1. The van der Waals surface area contributed by atoms with E-state index in [1.807, 2.05) is 0 Å². The largest absolute Gasteiger partial charge is 0.455 e. The maximum atomic E-state index is 10.8. The van der Waals surface area contributed by atoms with E-state index in [9.17, 15) is 4.79 Å². The molecule has 0 unspecified atom stereocenters. The molecule has 1 aliphatic rings. The lowest BCUT2D eigenvalue weighted by Crippen LogP contribution is -1.94. The third-order valence-electron chi connectivity index (χ3n) is 1.36. The average molecular weight is 136 g/mol. The lowest BCUT2D eigenvalue weighted by Gasteiger charge is -1.85. The molecule has 0 amide bonds. The molecule has 0 fully saturated rings. The van der Waals surface area contributed by atoms with Gasteiger partial charge in [-0.15, -0.1) is 0 Å². The molecule has 0 radical (unpaired) electrons. The number of ether oxygens (including phenoxy) is 1. The molecule has 0 saturated carbocycles. The van der Waals surface area contributed by atoms with E-state index in [0.717, 1.165) is 0 Å². The van der Waals surface area contributed by atoms with E-state index in [1.165, 1.54) is 6.20 Å². The van der Waals surface area contributed by atoms with Gasteiger partial charge in [0.05, 0.1) is 11.8 Å². The molecule has 0 N–H and O–H groups in total. The van der Waals surface area contributed by atoms with E-state index in [2.05, 4.69) is 14.9 Å². The molecule has 1 aromatic heterocycles. The highest BCUT2D eigenvalue weighted by atomic mass is 16.5. The van der Waals surface area contributed by atoms with Gasteiger partial charge >= 0.3 is 5.97 Å². The van der Waals surface area contributed by atoms with Crippen LogP contribution in [0.15, 0.2) is 12.3 Å². The predicted molar refractivity (Wildman–Crippen MR) is 31.2 cm³/mol. The summed E-state index contributed by atoms with van der Waals surface area (Å²) in [6.07, 6.45) is 1.48. The standard InChI is InChI=1S/C6H4N2O2/c9-6-4-1-2-7-8-5(4)3-10-6/h1-2H,3H2. The molecule has 1 aliphatic heterocycles. The second-order valence-electron chi connectivity index (χ2n) is 1.97. The number of carbonyl (C=O) groups excluding carboxylic acids is 1. The molecule has 1 aromatic rings. The molecule has 0 atom stereocenters. The summed E-state index contributed by atoms with van der Waals surface area (Å²) in [5.41, 5.74) is 1.17. The summed E-state index contributed by atoms with van der Waals surface area (Å²) >= 11 is 0. The van der Waals surface area contributed by atoms with Crippen molar-refractivity contribution in [3.05, 3.63) is 23.5 Å². The van der Waals surface area contributed by atoms with Gasteiger partial charge in [-0.3, -0.25) is 0 Å². The molecule has 2 heterocycles. The summed E-state index contributed by atoms with van der Waals surface area (Å²) in [5, 5.41) is 7.32. The van der Waals surface area contributed by atoms with Gasteiger partial charge in [0.2, 0.25) is 0 Å². The first kappa shape index (κ1) is 5.34. The number of hydrogen-bond donors (Lipinski definition) is 0. The Balaban J connectivity index is 2.61. The van der Waals surface area contributed by atoms with E-state index in [4.69, 9.17) is 0 Å². The third-order valence-corrected chi connectivity index (χ3v) is 1.36. The monoisotopic (exact) mass is 136 g/mol. The van der Waals surface area contributed by atoms with Crippen LogP contribution in [0.1, 0.15) is 16.1 Å². The van der Waals surface area contributed by atoms with Crippen molar-refractivity contribution in [2.24, 2.45) is 0 Å². The van der Waals surface area contributed by atoms with Gasteiger partial charge in [-0.05, 0) is 6.07 Å². The molecule has 4 heteroatoms. The van der Waals surface area contributed by atoms with Crippen molar-refractivity contribution in [3.63, 3.8) is 0 Å². The number of rotatable bonds is 0. The number of fused-ring (bicyclic) bond motifs is 1. The molecule has 2 rings (SSSR count). The SMILES string of the molecule is O=C1OCc2nnccc21. The Morgan fingerprint density at radius 3 is 3.30 bits per heavy atom. The summed E-state index contributed by atoms with van der Waals surface area (Å²) in [7, 11) is 0. The van der Waals surface area contributed by atoms with Crippen LogP contribution in [0.25, 0.3) is 0 Å². The Hall–Kier alpha value is -1.45. The van der Waals surface area contributed by atoms with E-state index in [-0.39, 0.29) is 12.6 Å². The first-order chi connectivity index (χ1) is 4.88. The van der Waals surface area contributed by atoms with Gasteiger partial charge in [-0.2, -0.15) is 10.2 Å². The second kappa shape index (κ2) is 1.76. The minimum atomic E-state index is -0.301. The summed E-state index contributed by atoms with van der Waals surface area (Å²) < 4.78 is 4.68. The zero-order valence-corrected chi connectivity index (χ0v) is 5.07. The first-order valence-corrected chi connectivity index (χ1v) is 2.85. The van der Waals surface area contributed by atoms with Gasteiger partial charge in [-0.25, -0.2) is 4.79 Å². The number of aromatic nitrogens is 2. The third kappa shape index (κ3) is 0.586. The molecule has 0 bridgehead atoms. The molecule has 50 valence electrons. The Morgan fingerprint density at radius 2 is 2.50 bits per heavy atom. The molecular formula is C6H4N2O2. The number of cyclic esters (lactones) is 1. The van der Waals surface area contributed by atoms with E-state index in [1.54, 1.807) is 6.07 Å². The van der Waals surface area contributed by atoms with Gasteiger partial charge in [0, 0.05) is 0 Å². The van der Waals surface area contributed by atoms with Crippen molar-refractivity contribution < 1.29 is 9.53 Å². The summed E-state index contributed by atoms with van der Waals surface area (Å²) in [6, 6.07) is 1.61. The van der Waals surface area contributed by atoms with Crippen LogP contribution in [0.2, 0.25) is 0 Å². The van der Waals surface area contributed by atoms with Crippen LogP contribution in [0.5, 0.6) is 0 Å². The molecule has 0 aliphatic carbocycles. The van der Waals surface area contributed by atoms with E-state index < -0.39 is 0 Å². The van der Waals surface area contributed by atoms with Crippen molar-refractivity contribution in [3.8, 4) is 0 Å². The Bertz CT molecular complexity index is 285. The summed E-state index contributed by atoms with van der Waals surface area (Å²) in [5.74, 6) is -0.301. The zero-order valence-electron chi connectivity index (χ0n) is 5.07. The maximum absolute atomic E-state index is 10.8. The van der Waals surface area contributed by atoms with Crippen LogP contribution in [0, 0.1) is 0 Å². The Kier molecular flexibility index (Phi) is 0.943. The average Bonchev–Trinajstić information content (AvgIpc) is 2.34. The van der Waals surface area contributed by atoms with Crippen molar-refractivity contribution in [2.45, 2.75) is 6.61 Å². The Morgan fingerprint density at radius 1 is 1.60 bits per heavy atom.